The molecule has 51 heavy (non-hydrogen) atoms. The minimum absolute atomic E-state index is 0.0187. The smallest absolute Gasteiger partial charge is 0.405 e. The molecular weight excluding hydrogens is 678 g/mol. The van der Waals surface area contributed by atoms with E-state index in [2.05, 4.69) is 20.3 Å². The molecule has 1 aromatic heterocycles. The SMILES string of the molecule is CCCOc1cnc(O[C@@H]2C[C@H]3C(=O)N[C@]4(C(=O)NS(=O)(=O)C5CC5)C[C@H]4/C=C\CC[C@H](C)C[C@@H](C)[C@H](NC(=O)O)C(=O)N3C2)c2ccccc12. The molecule has 1 saturated heterocycles. The number of allylic oxidation sites excluding steroid dienone is 1. The van der Waals surface area contributed by atoms with Crippen LogP contribution in [0.3, 0.4) is 0 Å². The third kappa shape index (κ3) is 7.92. The Morgan fingerprint density at radius 1 is 1.12 bits per heavy atom. The molecule has 3 fully saturated rings. The van der Waals surface area contributed by atoms with Crippen LogP contribution in [-0.4, -0.2) is 89.4 Å². The van der Waals surface area contributed by atoms with Gasteiger partial charge >= 0.3 is 6.09 Å². The van der Waals surface area contributed by atoms with Gasteiger partial charge in [0, 0.05) is 23.1 Å². The molecule has 0 unspecified atom stereocenters. The number of carbonyl (C=O) groups excluding carboxylic acids is 3. The van der Waals surface area contributed by atoms with Crippen molar-refractivity contribution < 1.29 is 42.2 Å². The van der Waals surface area contributed by atoms with Crippen LogP contribution in [0, 0.1) is 17.8 Å². The Kier molecular flexibility index (Phi) is 10.5. The third-order valence-electron chi connectivity index (χ3n) is 10.4. The zero-order chi connectivity index (χ0) is 36.5. The molecule has 4 aliphatic rings. The lowest BCUT2D eigenvalue weighted by atomic mass is 9.88. The Bertz CT molecular complexity index is 1810. The van der Waals surface area contributed by atoms with Crippen LogP contribution < -0.4 is 24.8 Å². The van der Waals surface area contributed by atoms with E-state index in [1.165, 1.54) is 4.90 Å². The molecule has 2 saturated carbocycles. The number of carboxylic acid groups (broad SMARTS) is 1. The first-order chi connectivity index (χ1) is 24.3. The summed E-state index contributed by atoms with van der Waals surface area (Å²) in [6.45, 7) is 6.30. The summed E-state index contributed by atoms with van der Waals surface area (Å²) in [6.07, 6.45) is 7.17. The van der Waals surface area contributed by atoms with Crippen molar-refractivity contribution in [2.24, 2.45) is 17.8 Å². The molecule has 3 heterocycles. The highest BCUT2D eigenvalue weighted by atomic mass is 32.2. The Morgan fingerprint density at radius 3 is 2.57 bits per heavy atom. The van der Waals surface area contributed by atoms with Gasteiger partial charge in [-0.1, -0.05) is 51.1 Å². The summed E-state index contributed by atoms with van der Waals surface area (Å²) in [7, 11) is -3.90. The fourth-order valence-corrected chi connectivity index (χ4v) is 8.71. The molecule has 6 rings (SSSR count). The lowest BCUT2D eigenvalue weighted by Crippen LogP contribution is -2.59. The van der Waals surface area contributed by atoms with E-state index in [1.807, 2.05) is 57.2 Å². The van der Waals surface area contributed by atoms with E-state index in [-0.39, 0.29) is 31.2 Å². The van der Waals surface area contributed by atoms with Gasteiger partial charge in [-0.05, 0) is 62.8 Å². The zero-order valence-corrected chi connectivity index (χ0v) is 30.0. The van der Waals surface area contributed by atoms with Gasteiger partial charge in [-0.15, -0.1) is 0 Å². The van der Waals surface area contributed by atoms with E-state index in [1.54, 1.807) is 6.20 Å². The number of fused-ring (bicyclic) bond motifs is 3. The van der Waals surface area contributed by atoms with Crippen molar-refractivity contribution in [1.29, 1.82) is 0 Å². The van der Waals surface area contributed by atoms with Crippen molar-refractivity contribution in [1.82, 2.24) is 25.2 Å². The standard InChI is InChI=1S/C36H47N5O9S/c1-4-15-49-29-19-37-32(27-12-8-7-11-26(27)29)50-24-17-28-31(42)39-36(34(44)40-51(47,48)25-13-14-25)18-23(36)10-6-5-9-21(2)16-22(3)30(38-35(45)46)33(43)41(28)20-24/h6-8,10-12,19,21-25,28,30,38H,4-5,9,13-18,20H2,1-3H3,(H,39,42)(H,40,44)(H,45,46)/b10-6-/t21-,22+,23+,24+,28-,30-,36+/m0/s1. The summed E-state index contributed by atoms with van der Waals surface area (Å²) in [4.78, 5) is 60.1. The zero-order valence-electron chi connectivity index (χ0n) is 29.2. The lowest BCUT2D eigenvalue weighted by Gasteiger charge is -2.32. The number of benzene rings is 1. The molecule has 7 atom stereocenters. The highest BCUT2D eigenvalue weighted by molar-refractivity contribution is 7.91. The van der Waals surface area contributed by atoms with E-state index in [9.17, 15) is 32.7 Å². The number of amides is 4. The summed E-state index contributed by atoms with van der Waals surface area (Å²) < 4.78 is 40.1. The lowest BCUT2D eigenvalue weighted by molar-refractivity contribution is -0.142. The van der Waals surface area contributed by atoms with Crippen molar-refractivity contribution in [3.8, 4) is 11.6 Å². The van der Waals surface area contributed by atoms with Crippen LogP contribution in [0.1, 0.15) is 72.1 Å². The molecule has 0 bridgehead atoms. The number of ether oxygens (including phenoxy) is 2. The van der Waals surface area contributed by atoms with Crippen molar-refractivity contribution in [2.75, 3.05) is 13.2 Å². The average molecular weight is 726 g/mol. The van der Waals surface area contributed by atoms with E-state index >= 15 is 0 Å². The molecule has 14 nitrogen and oxygen atoms in total. The first-order valence-electron chi connectivity index (χ1n) is 17.8. The fourth-order valence-electron chi connectivity index (χ4n) is 7.35. The number of nitrogens with one attached hydrogen (secondary N) is 3. The van der Waals surface area contributed by atoms with Crippen molar-refractivity contribution in [3.63, 3.8) is 0 Å². The predicted octanol–water partition coefficient (Wildman–Crippen LogP) is 3.50. The van der Waals surface area contributed by atoms with Crippen LogP contribution in [0.2, 0.25) is 0 Å². The molecule has 1 aromatic carbocycles. The second-order valence-electron chi connectivity index (χ2n) is 14.5. The van der Waals surface area contributed by atoms with Crippen LogP contribution in [-0.2, 0) is 24.4 Å². The van der Waals surface area contributed by atoms with Gasteiger partial charge in [-0.3, -0.25) is 19.1 Å². The maximum Gasteiger partial charge on any atom is 0.405 e. The number of hydrogen-bond acceptors (Lipinski definition) is 9. The summed E-state index contributed by atoms with van der Waals surface area (Å²) in [6, 6.07) is 5.15. The summed E-state index contributed by atoms with van der Waals surface area (Å²) in [5.74, 6) is -1.89. The van der Waals surface area contributed by atoms with Gasteiger partial charge in [0.25, 0.3) is 5.91 Å². The van der Waals surface area contributed by atoms with E-state index in [0.717, 1.165) is 18.2 Å². The normalized spacial score (nSPS) is 30.5. The summed E-state index contributed by atoms with van der Waals surface area (Å²) in [5, 5.41) is 15.8. The van der Waals surface area contributed by atoms with Crippen molar-refractivity contribution in [2.45, 2.75) is 101 Å². The molecule has 0 radical (unpaired) electrons. The van der Waals surface area contributed by atoms with Crippen molar-refractivity contribution in [3.05, 3.63) is 42.6 Å². The molecule has 276 valence electrons. The Morgan fingerprint density at radius 2 is 1.86 bits per heavy atom. The molecule has 4 amide bonds. The van der Waals surface area contributed by atoms with Gasteiger partial charge in [0.2, 0.25) is 27.7 Å². The molecule has 15 heteroatoms. The first-order valence-corrected chi connectivity index (χ1v) is 19.4. The minimum atomic E-state index is -3.90. The Labute approximate surface area is 297 Å². The van der Waals surface area contributed by atoms with E-state index in [4.69, 9.17) is 9.47 Å². The van der Waals surface area contributed by atoms with Crippen LogP contribution in [0.4, 0.5) is 4.79 Å². The Hall–Kier alpha value is -4.40. The largest absolute Gasteiger partial charge is 0.491 e. The Balaban J connectivity index is 1.33. The molecule has 2 aliphatic heterocycles. The summed E-state index contributed by atoms with van der Waals surface area (Å²) >= 11 is 0. The monoisotopic (exact) mass is 725 g/mol. The van der Waals surface area contributed by atoms with Gasteiger partial charge < -0.3 is 30.1 Å². The van der Waals surface area contributed by atoms with Gasteiger partial charge in [-0.25, -0.2) is 18.2 Å². The highest BCUT2D eigenvalue weighted by Crippen LogP contribution is 2.46. The number of carbonyl (C=O) groups is 4. The fraction of sp³-hybridized carbons (Fsp3) is 0.583. The number of nitrogens with zero attached hydrogens (tertiary/aromatic N) is 2. The number of aromatic nitrogens is 1. The second-order valence-corrected chi connectivity index (χ2v) is 16.5. The van der Waals surface area contributed by atoms with E-state index < -0.39 is 74.7 Å². The predicted molar refractivity (Wildman–Crippen MR) is 187 cm³/mol. The number of hydrogen-bond donors (Lipinski definition) is 4. The number of rotatable bonds is 9. The molecule has 4 N–H and O–H groups in total. The molecular formula is C36H47N5O9S. The van der Waals surface area contributed by atoms with Crippen LogP contribution >= 0.6 is 0 Å². The van der Waals surface area contributed by atoms with Crippen LogP contribution in [0.5, 0.6) is 11.6 Å². The topological polar surface area (TPSA) is 193 Å². The van der Waals surface area contributed by atoms with Gasteiger partial charge in [0.15, 0.2) is 0 Å². The molecule has 0 spiro atoms. The van der Waals surface area contributed by atoms with E-state index in [0.29, 0.717) is 43.4 Å². The van der Waals surface area contributed by atoms with Gasteiger partial charge in [-0.2, -0.15) is 0 Å². The molecule has 2 aromatic rings. The quantitative estimate of drug-likeness (QED) is 0.278. The minimum Gasteiger partial charge on any atom is -0.491 e. The maximum absolute atomic E-state index is 14.4. The molecule has 2 aliphatic carbocycles. The number of sulfonamides is 1. The highest BCUT2D eigenvalue weighted by Gasteiger charge is 2.62. The van der Waals surface area contributed by atoms with Crippen LogP contribution in [0.15, 0.2) is 42.6 Å². The maximum atomic E-state index is 14.4. The first kappa shape index (κ1) is 36.4. The van der Waals surface area contributed by atoms with Crippen LogP contribution in [0.25, 0.3) is 10.8 Å². The van der Waals surface area contributed by atoms with Gasteiger partial charge in [0.1, 0.15) is 29.5 Å². The second kappa shape index (κ2) is 14.7. The van der Waals surface area contributed by atoms with Crippen molar-refractivity contribution >= 4 is 44.6 Å². The van der Waals surface area contributed by atoms with Gasteiger partial charge in [0.05, 0.1) is 24.6 Å². The average Bonchev–Trinajstić information content (AvgIpc) is 4.01. The summed E-state index contributed by atoms with van der Waals surface area (Å²) in [5.41, 5.74) is -1.52. The third-order valence-corrected chi connectivity index (χ3v) is 12.2. The number of pyridine rings is 1.